The first-order valence-electron chi connectivity index (χ1n) is 7.35. The maximum absolute atomic E-state index is 13.9. The van der Waals surface area contributed by atoms with Gasteiger partial charge in [0.2, 0.25) is 5.91 Å². The van der Waals surface area contributed by atoms with Gasteiger partial charge in [-0.15, -0.1) is 0 Å². The summed E-state index contributed by atoms with van der Waals surface area (Å²) >= 11 is 0. The van der Waals surface area contributed by atoms with Crippen molar-refractivity contribution in [1.82, 2.24) is 4.90 Å². The molecule has 1 spiro atoms. The Morgan fingerprint density at radius 2 is 1.79 bits per heavy atom. The molecule has 24 heavy (non-hydrogen) atoms. The summed E-state index contributed by atoms with van der Waals surface area (Å²) in [5, 5.41) is 0. The van der Waals surface area contributed by atoms with E-state index in [0.29, 0.717) is 5.56 Å². The van der Waals surface area contributed by atoms with Crippen molar-refractivity contribution in [3.8, 4) is 0 Å². The van der Waals surface area contributed by atoms with Gasteiger partial charge in [0.15, 0.2) is 9.84 Å². The number of carbonyl (C=O) groups excluding carboxylic acids is 2. The van der Waals surface area contributed by atoms with Crippen LogP contribution in [-0.2, 0) is 14.6 Å². The third-order valence-electron chi connectivity index (χ3n) is 4.88. The summed E-state index contributed by atoms with van der Waals surface area (Å²) in [4.78, 5) is 24.9. The van der Waals surface area contributed by atoms with E-state index in [-0.39, 0.29) is 25.3 Å². The number of benzene rings is 1. The molecule has 0 radical (unpaired) electrons. The van der Waals surface area contributed by atoms with Gasteiger partial charge in [-0.2, -0.15) is 0 Å². The highest BCUT2D eigenvalue weighted by Gasteiger charge is 2.64. The molecule has 0 aromatic heterocycles. The molecule has 0 aliphatic carbocycles. The molecule has 3 rings (SSSR count). The molecule has 2 N–H and O–H groups in total. The number of likely N-dealkylation sites (tertiary alicyclic amines) is 1. The van der Waals surface area contributed by atoms with Crippen molar-refractivity contribution in [2.75, 3.05) is 18.8 Å². The molecule has 0 saturated carbocycles. The smallest absolute Gasteiger partial charge is 0.259 e. The topological polar surface area (TPSA) is 97.5 Å². The van der Waals surface area contributed by atoms with Crippen molar-refractivity contribution in [3.05, 3.63) is 34.9 Å². The van der Waals surface area contributed by atoms with Gasteiger partial charge in [-0.25, -0.2) is 17.2 Å². The van der Waals surface area contributed by atoms with Crippen LogP contribution in [0.1, 0.15) is 22.3 Å². The second kappa shape index (κ2) is 5.23. The van der Waals surface area contributed by atoms with Crippen LogP contribution in [0.15, 0.2) is 12.1 Å². The second-order valence-electron chi connectivity index (χ2n) is 6.39. The quantitative estimate of drug-likeness (QED) is 0.827. The summed E-state index contributed by atoms with van der Waals surface area (Å²) in [5.74, 6) is -4.75. The molecule has 1 aromatic carbocycles. The molecule has 0 bridgehead atoms. The monoisotopic (exact) mass is 358 g/mol. The minimum atomic E-state index is -3.60. The summed E-state index contributed by atoms with van der Waals surface area (Å²) in [6.07, 6.45) is 0.104. The number of hydrogen-bond donors (Lipinski definition) is 1. The van der Waals surface area contributed by atoms with Gasteiger partial charge < -0.3 is 10.6 Å². The lowest BCUT2D eigenvalue weighted by Crippen LogP contribution is -2.69. The van der Waals surface area contributed by atoms with E-state index < -0.39 is 49.5 Å². The third kappa shape index (κ3) is 2.21. The van der Waals surface area contributed by atoms with Crippen LogP contribution in [-0.4, -0.2) is 48.7 Å². The Balaban J connectivity index is 1.89. The van der Waals surface area contributed by atoms with E-state index in [1.54, 1.807) is 0 Å². The van der Waals surface area contributed by atoms with E-state index in [1.807, 2.05) is 0 Å². The Morgan fingerprint density at radius 3 is 2.29 bits per heavy atom. The Kier molecular flexibility index (Phi) is 3.67. The molecule has 1 atom stereocenters. The highest BCUT2D eigenvalue weighted by Crippen LogP contribution is 2.45. The van der Waals surface area contributed by atoms with Crippen LogP contribution in [0.2, 0.25) is 0 Å². The van der Waals surface area contributed by atoms with Crippen LogP contribution in [0.25, 0.3) is 0 Å². The minimum absolute atomic E-state index is 0.104. The number of amides is 2. The highest BCUT2D eigenvalue weighted by molar-refractivity contribution is 7.93. The molecule has 1 unspecified atom stereocenters. The molecule has 2 aliphatic heterocycles. The molecule has 9 heteroatoms. The van der Waals surface area contributed by atoms with Gasteiger partial charge >= 0.3 is 0 Å². The third-order valence-corrected chi connectivity index (χ3v) is 7.43. The summed E-state index contributed by atoms with van der Waals surface area (Å²) in [6.45, 7) is 0.921. The molecule has 1 aromatic rings. The van der Waals surface area contributed by atoms with Crippen molar-refractivity contribution in [3.63, 3.8) is 0 Å². The Labute approximate surface area is 137 Å². The fourth-order valence-corrected chi connectivity index (χ4v) is 5.91. The minimum Gasteiger partial charge on any atom is -0.369 e. The van der Waals surface area contributed by atoms with Crippen molar-refractivity contribution in [1.29, 1.82) is 0 Å². The van der Waals surface area contributed by atoms with Crippen LogP contribution in [0, 0.1) is 24.5 Å². The molecular formula is C15H16F2N2O4S. The van der Waals surface area contributed by atoms with Gasteiger partial charge in [0.1, 0.15) is 21.9 Å². The lowest BCUT2D eigenvalue weighted by atomic mass is 9.82. The van der Waals surface area contributed by atoms with Gasteiger partial charge in [-0.05, 0) is 31.0 Å². The van der Waals surface area contributed by atoms with Gasteiger partial charge in [0.05, 0.1) is 11.7 Å². The van der Waals surface area contributed by atoms with E-state index in [0.717, 1.165) is 17.0 Å². The van der Waals surface area contributed by atoms with Gasteiger partial charge in [0.25, 0.3) is 5.91 Å². The van der Waals surface area contributed by atoms with Crippen molar-refractivity contribution in [2.45, 2.75) is 18.1 Å². The maximum atomic E-state index is 13.9. The zero-order chi connectivity index (χ0) is 17.9. The average Bonchev–Trinajstić information content (AvgIpc) is 2.66. The average molecular weight is 358 g/mol. The fraction of sp³-hybridized carbons (Fsp3) is 0.467. The number of aryl methyl sites for hydroxylation is 1. The predicted molar refractivity (Wildman–Crippen MR) is 80.8 cm³/mol. The first-order chi connectivity index (χ1) is 11.1. The molecule has 2 fully saturated rings. The van der Waals surface area contributed by atoms with Crippen molar-refractivity contribution in [2.24, 2.45) is 11.7 Å². The SMILES string of the molecule is Cc1cc(F)c(C(=O)N2CC3(C2)C(C(N)=O)CCS3(=O)=O)c(F)c1. The van der Waals surface area contributed by atoms with Crippen molar-refractivity contribution >= 4 is 21.7 Å². The number of sulfone groups is 1. The highest BCUT2D eigenvalue weighted by atomic mass is 32.2. The van der Waals surface area contributed by atoms with Gasteiger partial charge in [-0.1, -0.05) is 0 Å². The molecule has 2 saturated heterocycles. The number of hydrogen-bond acceptors (Lipinski definition) is 4. The van der Waals surface area contributed by atoms with E-state index in [4.69, 9.17) is 5.73 Å². The standard InChI is InChI=1S/C15H16F2N2O4S/c1-8-4-10(16)12(11(17)5-8)14(21)19-6-15(7-19)9(13(18)20)2-3-24(15,22)23/h4-5,9H,2-3,6-7H2,1H3,(H2,18,20). The largest absolute Gasteiger partial charge is 0.369 e. The van der Waals surface area contributed by atoms with Gasteiger partial charge in [-0.3, -0.25) is 9.59 Å². The normalized spacial score (nSPS) is 24.0. The number of nitrogens with zero attached hydrogens (tertiary/aromatic N) is 1. The van der Waals surface area contributed by atoms with Crippen molar-refractivity contribution < 1.29 is 26.8 Å². The predicted octanol–water partition coefficient (Wildman–Crippen LogP) is 0.388. The Bertz CT molecular complexity index is 824. The summed E-state index contributed by atoms with van der Waals surface area (Å²) in [6, 6.07) is 2.06. The van der Waals surface area contributed by atoms with E-state index in [1.165, 1.54) is 6.92 Å². The van der Waals surface area contributed by atoms with Crippen LogP contribution in [0.4, 0.5) is 8.78 Å². The van der Waals surface area contributed by atoms with E-state index in [9.17, 15) is 26.8 Å². The van der Waals surface area contributed by atoms with Crippen LogP contribution in [0.3, 0.4) is 0 Å². The van der Waals surface area contributed by atoms with E-state index >= 15 is 0 Å². The molecule has 2 heterocycles. The zero-order valence-electron chi connectivity index (χ0n) is 12.9. The van der Waals surface area contributed by atoms with Crippen LogP contribution < -0.4 is 5.73 Å². The van der Waals surface area contributed by atoms with Crippen LogP contribution >= 0.6 is 0 Å². The Hall–Kier alpha value is -2.03. The number of primary amides is 1. The Morgan fingerprint density at radius 1 is 1.25 bits per heavy atom. The van der Waals surface area contributed by atoms with E-state index in [2.05, 4.69) is 0 Å². The lowest BCUT2D eigenvalue weighted by Gasteiger charge is -2.49. The maximum Gasteiger partial charge on any atom is 0.259 e. The number of nitrogens with two attached hydrogens (primary N) is 1. The number of rotatable bonds is 2. The molecule has 2 aliphatic rings. The molecule has 130 valence electrons. The first-order valence-corrected chi connectivity index (χ1v) is 9.01. The summed E-state index contributed by atoms with van der Waals surface area (Å²) in [5.41, 5.74) is 4.88. The lowest BCUT2D eigenvalue weighted by molar-refractivity contribution is -0.124. The van der Waals surface area contributed by atoms with Gasteiger partial charge in [0, 0.05) is 13.1 Å². The first kappa shape index (κ1) is 16.8. The van der Waals surface area contributed by atoms with Crippen LogP contribution in [0.5, 0.6) is 0 Å². The molecular weight excluding hydrogens is 342 g/mol. The number of halogens is 2. The number of carbonyl (C=O) groups is 2. The molecule has 2 amide bonds. The second-order valence-corrected chi connectivity index (χ2v) is 8.84. The molecule has 6 nitrogen and oxygen atoms in total. The summed E-state index contributed by atoms with van der Waals surface area (Å²) < 4.78 is 51.0. The summed E-state index contributed by atoms with van der Waals surface area (Å²) in [7, 11) is -3.60. The fourth-order valence-electron chi connectivity index (χ4n) is 3.58. The zero-order valence-corrected chi connectivity index (χ0v) is 13.7.